The summed E-state index contributed by atoms with van der Waals surface area (Å²) in [5.74, 6) is 1.33. The van der Waals surface area contributed by atoms with Gasteiger partial charge in [0.05, 0.1) is 0 Å². The van der Waals surface area contributed by atoms with Crippen LogP contribution in [0.15, 0.2) is 22.1 Å². The van der Waals surface area contributed by atoms with Gasteiger partial charge in [0.2, 0.25) is 0 Å². The molecule has 0 amide bonds. The summed E-state index contributed by atoms with van der Waals surface area (Å²) in [6, 6.07) is 0. The minimum Gasteiger partial charge on any atom is -0.352 e. The van der Waals surface area contributed by atoms with E-state index in [-0.39, 0.29) is 6.29 Å². The summed E-state index contributed by atoms with van der Waals surface area (Å²) in [6.07, 6.45) is 5.11. The first-order valence-corrected chi connectivity index (χ1v) is 7.46. The Labute approximate surface area is 113 Å². The summed E-state index contributed by atoms with van der Waals surface area (Å²) in [6.45, 7) is 7.47. The first-order chi connectivity index (χ1) is 8.17. The van der Waals surface area contributed by atoms with Gasteiger partial charge in [-0.2, -0.15) is 0 Å². The van der Waals surface area contributed by atoms with Crippen LogP contribution in [0.3, 0.4) is 0 Å². The average molecular weight is 277 g/mol. The predicted molar refractivity (Wildman–Crippen MR) is 75.3 cm³/mol. The van der Waals surface area contributed by atoms with Crippen LogP contribution >= 0.6 is 23.4 Å². The lowest BCUT2D eigenvalue weighted by molar-refractivity contribution is -0.119. The van der Waals surface area contributed by atoms with Crippen molar-refractivity contribution in [2.24, 2.45) is 5.92 Å². The molecule has 0 spiro atoms. The van der Waals surface area contributed by atoms with Crippen molar-refractivity contribution < 1.29 is 9.47 Å². The Kier molecular flexibility index (Phi) is 7.28. The molecule has 4 heteroatoms. The van der Waals surface area contributed by atoms with Gasteiger partial charge in [-0.05, 0) is 26.2 Å². The van der Waals surface area contributed by atoms with Crippen LogP contribution in [0.5, 0.6) is 0 Å². The predicted octanol–water partition coefficient (Wildman–Crippen LogP) is 4.17. The van der Waals surface area contributed by atoms with E-state index in [2.05, 4.69) is 19.1 Å². The zero-order valence-electron chi connectivity index (χ0n) is 10.7. The Morgan fingerprint density at radius 1 is 1.41 bits per heavy atom. The maximum atomic E-state index is 6.24. The van der Waals surface area contributed by atoms with Crippen molar-refractivity contribution in [2.45, 2.75) is 33.5 Å². The maximum absolute atomic E-state index is 6.24. The molecule has 1 aliphatic carbocycles. The molecule has 0 aromatic heterocycles. The highest BCUT2D eigenvalue weighted by Gasteiger charge is 2.14. The van der Waals surface area contributed by atoms with E-state index in [0.29, 0.717) is 19.1 Å². The van der Waals surface area contributed by atoms with Gasteiger partial charge in [0.15, 0.2) is 6.29 Å². The molecular weight excluding hydrogens is 256 g/mol. The first kappa shape index (κ1) is 15.1. The van der Waals surface area contributed by atoms with Gasteiger partial charge >= 0.3 is 0 Å². The van der Waals surface area contributed by atoms with Crippen LogP contribution in [-0.2, 0) is 9.47 Å². The number of hydrogen-bond acceptors (Lipinski definition) is 3. The van der Waals surface area contributed by atoms with Gasteiger partial charge in [0.1, 0.15) is 0 Å². The van der Waals surface area contributed by atoms with E-state index in [1.165, 1.54) is 0 Å². The Morgan fingerprint density at radius 3 is 2.59 bits per heavy atom. The molecule has 0 fully saturated rings. The quantitative estimate of drug-likeness (QED) is 0.651. The number of ether oxygens (including phenoxy) is 2. The number of allylic oxidation sites excluding steroid dienone is 3. The van der Waals surface area contributed by atoms with Gasteiger partial charge in [-0.25, -0.2) is 0 Å². The molecule has 0 saturated carbocycles. The van der Waals surface area contributed by atoms with Crippen LogP contribution < -0.4 is 0 Å². The number of hydrogen-bond donors (Lipinski definition) is 0. The van der Waals surface area contributed by atoms with Gasteiger partial charge in [-0.1, -0.05) is 30.7 Å². The normalized spacial score (nSPS) is 20.4. The molecular formula is C13H21ClO2S. The monoisotopic (exact) mass is 276 g/mol. The molecule has 0 aromatic carbocycles. The van der Waals surface area contributed by atoms with Crippen molar-refractivity contribution >= 4 is 23.4 Å². The highest BCUT2D eigenvalue weighted by molar-refractivity contribution is 8.03. The topological polar surface area (TPSA) is 18.5 Å². The average Bonchev–Trinajstić information content (AvgIpc) is 2.28. The van der Waals surface area contributed by atoms with Crippen LogP contribution in [0.25, 0.3) is 0 Å². The van der Waals surface area contributed by atoms with E-state index in [1.807, 2.05) is 13.8 Å². The maximum Gasteiger partial charge on any atom is 0.166 e. The molecule has 0 aromatic rings. The molecule has 1 aliphatic rings. The Bertz CT molecular complexity index is 283. The third-order valence-electron chi connectivity index (χ3n) is 2.42. The van der Waals surface area contributed by atoms with Crippen molar-refractivity contribution in [1.82, 2.24) is 0 Å². The standard InChI is InChI=1S/C13H21ClO2S/c1-4-15-13(16-5-2)9-17-12-7-6-10(3)8-11(12)14/h6-7,10,13H,4-5,8-9H2,1-3H3. The fourth-order valence-corrected chi connectivity index (χ4v) is 2.99. The van der Waals surface area contributed by atoms with Gasteiger partial charge in [0.25, 0.3) is 0 Å². The second kappa shape index (κ2) is 8.20. The summed E-state index contributed by atoms with van der Waals surface area (Å²) in [4.78, 5) is 1.15. The lowest BCUT2D eigenvalue weighted by Gasteiger charge is -2.19. The summed E-state index contributed by atoms with van der Waals surface area (Å²) >= 11 is 7.95. The van der Waals surface area contributed by atoms with Gasteiger partial charge in [-0.15, -0.1) is 11.8 Å². The summed E-state index contributed by atoms with van der Waals surface area (Å²) < 4.78 is 11.0. The number of halogens is 1. The van der Waals surface area contributed by atoms with Gasteiger partial charge in [0, 0.05) is 28.9 Å². The van der Waals surface area contributed by atoms with Crippen LogP contribution in [0.4, 0.5) is 0 Å². The molecule has 0 heterocycles. The molecule has 17 heavy (non-hydrogen) atoms. The fraction of sp³-hybridized carbons (Fsp3) is 0.692. The van der Waals surface area contributed by atoms with Crippen LogP contribution in [0.1, 0.15) is 27.2 Å². The van der Waals surface area contributed by atoms with Crippen LogP contribution in [0.2, 0.25) is 0 Å². The second-order valence-corrected chi connectivity index (χ2v) is 5.48. The number of thioether (sulfide) groups is 1. The molecule has 0 radical (unpaired) electrons. The van der Waals surface area contributed by atoms with Crippen molar-refractivity contribution in [3.63, 3.8) is 0 Å². The molecule has 2 nitrogen and oxygen atoms in total. The third kappa shape index (κ3) is 5.47. The molecule has 1 unspecified atom stereocenters. The summed E-state index contributed by atoms with van der Waals surface area (Å²) in [7, 11) is 0. The van der Waals surface area contributed by atoms with E-state index >= 15 is 0 Å². The third-order valence-corrected chi connectivity index (χ3v) is 4.03. The molecule has 1 rings (SSSR count). The van der Waals surface area contributed by atoms with Crippen molar-refractivity contribution in [3.05, 3.63) is 22.1 Å². The minimum absolute atomic E-state index is 0.139. The van der Waals surface area contributed by atoms with Gasteiger partial charge in [-0.3, -0.25) is 0 Å². The lowest BCUT2D eigenvalue weighted by atomic mass is 10.0. The fourth-order valence-electron chi connectivity index (χ4n) is 1.59. The zero-order valence-corrected chi connectivity index (χ0v) is 12.3. The van der Waals surface area contributed by atoms with Crippen molar-refractivity contribution in [2.75, 3.05) is 19.0 Å². The van der Waals surface area contributed by atoms with E-state index < -0.39 is 0 Å². The summed E-state index contributed by atoms with van der Waals surface area (Å²) in [5, 5.41) is 0.955. The van der Waals surface area contributed by atoms with Gasteiger partial charge < -0.3 is 9.47 Å². The largest absolute Gasteiger partial charge is 0.352 e. The SMILES string of the molecule is CCOC(CSC1=C(Cl)CC(C)C=C1)OCC. The minimum atomic E-state index is -0.139. The molecule has 0 saturated heterocycles. The van der Waals surface area contributed by atoms with E-state index in [4.69, 9.17) is 21.1 Å². The summed E-state index contributed by atoms with van der Waals surface area (Å²) in [5.41, 5.74) is 0. The van der Waals surface area contributed by atoms with Crippen LogP contribution in [0, 0.1) is 5.92 Å². The number of rotatable bonds is 7. The molecule has 1 atom stereocenters. The smallest absolute Gasteiger partial charge is 0.166 e. The van der Waals surface area contributed by atoms with E-state index in [1.54, 1.807) is 11.8 Å². The Balaban J connectivity index is 2.43. The highest BCUT2D eigenvalue weighted by atomic mass is 35.5. The van der Waals surface area contributed by atoms with E-state index in [0.717, 1.165) is 22.1 Å². The van der Waals surface area contributed by atoms with Crippen molar-refractivity contribution in [3.8, 4) is 0 Å². The van der Waals surface area contributed by atoms with Crippen LogP contribution in [-0.4, -0.2) is 25.3 Å². The van der Waals surface area contributed by atoms with E-state index in [9.17, 15) is 0 Å². The molecule has 0 N–H and O–H groups in total. The first-order valence-electron chi connectivity index (χ1n) is 6.10. The molecule has 98 valence electrons. The Hall–Kier alpha value is 0.0400. The Morgan fingerprint density at radius 2 is 2.06 bits per heavy atom. The lowest BCUT2D eigenvalue weighted by Crippen LogP contribution is -2.20. The zero-order chi connectivity index (χ0) is 12.7. The molecule has 0 bridgehead atoms. The second-order valence-electron chi connectivity index (χ2n) is 3.96. The van der Waals surface area contributed by atoms with Crippen molar-refractivity contribution in [1.29, 1.82) is 0 Å². The molecule has 0 aliphatic heterocycles. The highest BCUT2D eigenvalue weighted by Crippen LogP contribution is 2.33.